The number of carbonyl (C=O) groups is 4. The molecule has 0 aromatic heterocycles. The fourth-order valence-electron chi connectivity index (χ4n) is 3.72. The number of cyclic esters (lactones) is 4. The van der Waals surface area contributed by atoms with Gasteiger partial charge in [0.25, 0.3) is 0 Å². The van der Waals surface area contributed by atoms with Gasteiger partial charge in [-0.15, -0.1) is 0 Å². The van der Waals surface area contributed by atoms with Gasteiger partial charge in [-0.05, 0) is 23.7 Å². The minimum Gasteiger partial charge on any atom is -0.393 e. The topological polar surface area (TPSA) is 86.7 Å². The third-order valence-corrected chi connectivity index (χ3v) is 7.12. The van der Waals surface area contributed by atoms with E-state index in [1.54, 1.807) is 21.6 Å². The molecule has 8 heteroatoms. The smallest absolute Gasteiger partial charge is 0.321 e. The van der Waals surface area contributed by atoms with Crippen LogP contribution in [0.1, 0.15) is 67.2 Å². The maximum Gasteiger partial charge on any atom is 0.321 e. The lowest BCUT2D eigenvalue weighted by Crippen LogP contribution is -2.12. The molecule has 2 rings (SSSR count). The summed E-state index contributed by atoms with van der Waals surface area (Å²) in [4.78, 5) is 46.6. The van der Waals surface area contributed by atoms with E-state index in [-0.39, 0.29) is 23.7 Å². The second kappa shape index (κ2) is 11.1. The van der Waals surface area contributed by atoms with Gasteiger partial charge >= 0.3 is 23.9 Å². The number of hydrogen-bond acceptors (Lipinski definition) is 8. The third-order valence-electron chi connectivity index (χ3n) is 4.77. The summed E-state index contributed by atoms with van der Waals surface area (Å²) < 4.78 is 9.37. The van der Waals surface area contributed by atoms with Crippen molar-refractivity contribution >= 4 is 45.5 Å². The van der Waals surface area contributed by atoms with Gasteiger partial charge in [0.2, 0.25) is 0 Å². The van der Waals surface area contributed by atoms with Crippen LogP contribution in [-0.4, -0.2) is 35.4 Å². The largest absolute Gasteiger partial charge is 0.393 e. The van der Waals surface area contributed by atoms with Crippen molar-refractivity contribution in [2.45, 2.75) is 67.2 Å². The molecule has 0 aromatic carbocycles. The highest BCUT2D eigenvalue weighted by atomic mass is 33.1. The van der Waals surface area contributed by atoms with Gasteiger partial charge in [-0.25, -0.2) is 0 Å². The fraction of sp³-hybridized carbons (Fsp3) is 0.667. The summed E-state index contributed by atoms with van der Waals surface area (Å²) in [6.45, 7) is 12.9. The van der Waals surface area contributed by atoms with E-state index in [1.165, 1.54) is 0 Å². The van der Waals surface area contributed by atoms with Crippen molar-refractivity contribution in [1.29, 1.82) is 0 Å². The van der Waals surface area contributed by atoms with Gasteiger partial charge in [0, 0.05) is 11.5 Å². The summed E-state index contributed by atoms with van der Waals surface area (Å²) in [5, 5.41) is 0. The monoisotopic (exact) mass is 482 g/mol. The fourth-order valence-corrected chi connectivity index (χ4v) is 6.00. The van der Waals surface area contributed by atoms with E-state index >= 15 is 0 Å². The summed E-state index contributed by atoms with van der Waals surface area (Å²) in [6.07, 6.45) is 5.66. The minimum atomic E-state index is -0.493. The van der Waals surface area contributed by atoms with Crippen LogP contribution in [0.4, 0.5) is 0 Å². The second-order valence-corrected chi connectivity index (χ2v) is 13.3. The summed E-state index contributed by atoms with van der Waals surface area (Å²) in [5.41, 5.74) is 2.35. The van der Waals surface area contributed by atoms with Crippen LogP contribution in [0.2, 0.25) is 0 Å². The average molecular weight is 483 g/mol. The number of esters is 4. The van der Waals surface area contributed by atoms with E-state index in [0.29, 0.717) is 0 Å². The summed E-state index contributed by atoms with van der Waals surface area (Å²) in [5.74, 6) is -1.39. The van der Waals surface area contributed by atoms with Crippen LogP contribution in [0, 0.1) is 22.7 Å². The van der Waals surface area contributed by atoms with E-state index < -0.39 is 35.7 Å². The molecule has 2 saturated heterocycles. The third kappa shape index (κ3) is 9.53. The Hall–Kier alpha value is -1.54. The van der Waals surface area contributed by atoms with Crippen molar-refractivity contribution in [1.82, 2.24) is 0 Å². The maximum atomic E-state index is 11.9. The maximum absolute atomic E-state index is 11.9. The molecule has 0 aromatic rings. The van der Waals surface area contributed by atoms with Crippen LogP contribution < -0.4 is 0 Å². The summed E-state index contributed by atoms with van der Waals surface area (Å²) in [6, 6.07) is 0. The first-order valence-electron chi connectivity index (χ1n) is 10.8. The van der Waals surface area contributed by atoms with Crippen LogP contribution >= 0.6 is 21.6 Å². The normalized spacial score (nSPS) is 23.1. The minimum absolute atomic E-state index is 0.0518. The number of rotatable bonds is 9. The molecule has 2 fully saturated rings. The first kappa shape index (κ1) is 26.7. The Kier molecular flexibility index (Phi) is 9.23. The highest BCUT2D eigenvalue weighted by molar-refractivity contribution is 8.76. The lowest BCUT2D eigenvalue weighted by molar-refractivity contribution is -0.154. The van der Waals surface area contributed by atoms with Gasteiger partial charge in [0.15, 0.2) is 0 Å². The van der Waals surface area contributed by atoms with Gasteiger partial charge in [-0.2, -0.15) is 0 Å². The SMILES string of the molecule is CC(C)(C)CC(=CC1CC(=O)OC1=O)CSSCC(=CC1CC(=O)OC1=O)CC(C)(C)C. The molecule has 32 heavy (non-hydrogen) atoms. The average Bonchev–Trinajstić information content (AvgIpc) is 3.08. The zero-order valence-electron chi connectivity index (χ0n) is 19.8. The van der Waals surface area contributed by atoms with Gasteiger partial charge in [0.05, 0.1) is 24.7 Å². The molecule has 0 radical (unpaired) electrons. The van der Waals surface area contributed by atoms with Crippen molar-refractivity contribution in [2.75, 3.05) is 11.5 Å². The molecule has 0 aliphatic carbocycles. The van der Waals surface area contributed by atoms with Crippen molar-refractivity contribution in [3.8, 4) is 0 Å². The first-order valence-corrected chi connectivity index (χ1v) is 13.3. The van der Waals surface area contributed by atoms with Gasteiger partial charge in [-0.1, -0.05) is 86.4 Å². The number of ether oxygens (including phenoxy) is 2. The first-order chi connectivity index (χ1) is 14.7. The van der Waals surface area contributed by atoms with Crippen molar-refractivity contribution in [3.05, 3.63) is 23.3 Å². The Morgan fingerprint density at radius 1 is 0.750 bits per heavy atom. The Bertz CT molecular complexity index is 745. The van der Waals surface area contributed by atoms with Crippen molar-refractivity contribution in [3.63, 3.8) is 0 Å². The molecule has 2 atom stereocenters. The molecule has 2 aliphatic rings. The molecule has 178 valence electrons. The second-order valence-electron chi connectivity index (χ2n) is 10.9. The zero-order valence-corrected chi connectivity index (χ0v) is 21.5. The van der Waals surface area contributed by atoms with E-state index in [0.717, 1.165) is 35.5 Å². The van der Waals surface area contributed by atoms with Gasteiger partial charge in [0.1, 0.15) is 0 Å². The number of hydrogen-bond donors (Lipinski definition) is 0. The predicted octanol–water partition coefficient (Wildman–Crippen LogP) is 5.27. The van der Waals surface area contributed by atoms with E-state index in [4.69, 9.17) is 0 Å². The Morgan fingerprint density at radius 2 is 1.09 bits per heavy atom. The van der Waals surface area contributed by atoms with Crippen molar-refractivity contribution in [2.24, 2.45) is 22.7 Å². The molecule has 0 amide bonds. The van der Waals surface area contributed by atoms with Crippen LogP contribution in [0.3, 0.4) is 0 Å². The highest BCUT2D eigenvalue weighted by Crippen LogP contribution is 2.36. The Balaban J connectivity index is 2.01. The lowest BCUT2D eigenvalue weighted by Gasteiger charge is -2.22. The van der Waals surface area contributed by atoms with Crippen LogP contribution in [0.5, 0.6) is 0 Å². The lowest BCUT2D eigenvalue weighted by atomic mass is 9.87. The Labute approximate surface area is 198 Å². The standard InChI is InChI=1S/C24H34O6S2/c1-23(2,3)11-15(7-17-9-19(25)29-21(17)27)13-31-32-14-16(12-24(4,5)6)8-18-10-20(26)30-22(18)28/h7-8,17-18H,9-14H2,1-6H3. The molecule has 6 nitrogen and oxygen atoms in total. The molecular formula is C24H34O6S2. The van der Waals surface area contributed by atoms with Crippen LogP contribution in [0.15, 0.2) is 23.3 Å². The number of carbonyl (C=O) groups excluding carboxylic acids is 4. The molecule has 0 spiro atoms. The van der Waals surface area contributed by atoms with E-state index in [9.17, 15) is 19.2 Å². The van der Waals surface area contributed by atoms with Gasteiger partial charge in [-0.3, -0.25) is 19.2 Å². The van der Waals surface area contributed by atoms with Crippen molar-refractivity contribution < 1.29 is 28.7 Å². The van der Waals surface area contributed by atoms with E-state index in [1.807, 2.05) is 12.2 Å². The predicted molar refractivity (Wildman–Crippen MR) is 128 cm³/mol. The molecular weight excluding hydrogens is 448 g/mol. The summed E-state index contributed by atoms with van der Waals surface area (Å²) in [7, 11) is 3.38. The zero-order chi connectivity index (χ0) is 24.1. The molecule has 0 bridgehead atoms. The van der Waals surface area contributed by atoms with Crippen LogP contribution in [0.25, 0.3) is 0 Å². The molecule has 2 aliphatic heterocycles. The molecule has 2 heterocycles. The van der Waals surface area contributed by atoms with E-state index in [2.05, 4.69) is 51.0 Å². The molecule has 0 saturated carbocycles. The van der Waals surface area contributed by atoms with Crippen LogP contribution in [-0.2, 0) is 28.7 Å². The molecule has 2 unspecified atom stereocenters. The molecule has 0 N–H and O–H groups in total. The highest BCUT2D eigenvalue weighted by Gasteiger charge is 2.33. The Morgan fingerprint density at radius 3 is 1.34 bits per heavy atom. The summed E-state index contributed by atoms with van der Waals surface area (Å²) >= 11 is 0. The quantitative estimate of drug-likeness (QED) is 0.144. The van der Waals surface area contributed by atoms with Gasteiger partial charge < -0.3 is 9.47 Å².